The number of carbonyl (C=O) groups excluding carboxylic acids is 2. The van der Waals surface area contributed by atoms with Crippen LogP contribution in [0.5, 0.6) is 11.5 Å². The van der Waals surface area contributed by atoms with Crippen LogP contribution in [0.2, 0.25) is 5.02 Å². The second kappa shape index (κ2) is 12.5. The Bertz CT molecular complexity index is 1190. The number of nitrogens with zero attached hydrogens (tertiary/aromatic N) is 2. The smallest absolute Gasteiger partial charge is 0.326 e. The van der Waals surface area contributed by atoms with Crippen molar-refractivity contribution in [1.29, 1.82) is 0 Å². The summed E-state index contributed by atoms with van der Waals surface area (Å²) < 4.78 is 10.8. The van der Waals surface area contributed by atoms with Crippen LogP contribution in [0.15, 0.2) is 17.3 Å². The molecule has 3 atom stereocenters. The Morgan fingerprint density at radius 2 is 1.80 bits per heavy atom. The van der Waals surface area contributed by atoms with E-state index in [1.807, 2.05) is 20.8 Å². The molecule has 1 aromatic rings. The van der Waals surface area contributed by atoms with Gasteiger partial charge in [0.15, 0.2) is 5.60 Å². The third-order valence-corrected chi connectivity index (χ3v) is 8.75. The van der Waals surface area contributed by atoms with Crippen molar-refractivity contribution in [3.8, 4) is 11.5 Å². The zero-order chi connectivity index (χ0) is 29.9. The number of aliphatic carboxylic acids is 1. The first-order chi connectivity index (χ1) is 19.4. The minimum atomic E-state index is -1.13. The van der Waals surface area contributed by atoms with Crippen molar-refractivity contribution in [2.75, 3.05) is 20.8 Å². The average molecular weight is 592 g/mol. The van der Waals surface area contributed by atoms with Crippen LogP contribution in [0.25, 0.3) is 0 Å². The van der Waals surface area contributed by atoms with Crippen LogP contribution < -0.4 is 14.8 Å². The van der Waals surface area contributed by atoms with E-state index in [-0.39, 0.29) is 25.3 Å². The number of carbonyl (C=O) groups is 3. The minimum absolute atomic E-state index is 0.0209. The number of halogens is 1. The molecular formula is C30H42ClN3O7. The standard InChI is InChI=1S/C30H42ClN3O7/c1-29(2,3)26(32-25(35)12-18-10-8-6-7-9-11-18)27(36)34-17-30(16-22(34)28(37)38)15-21(33-41-30)19-13-20(31)24(40-5)14-23(19)39-4/h13-14,18,22,26H,6-12,15-17H2,1-5H3,(H,32,35)(H,37,38)/t22-,26+,30+/m0/s1. The molecule has 2 N–H and O–H groups in total. The summed E-state index contributed by atoms with van der Waals surface area (Å²) in [7, 11) is 3.03. The summed E-state index contributed by atoms with van der Waals surface area (Å²) in [5.41, 5.74) is -0.530. The van der Waals surface area contributed by atoms with E-state index in [0.717, 1.165) is 25.7 Å². The molecule has 4 rings (SSSR count). The summed E-state index contributed by atoms with van der Waals surface area (Å²) in [6.07, 6.45) is 7.35. The van der Waals surface area contributed by atoms with Gasteiger partial charge in [-0.25, -0.2) is 4.79 Å². The molecule has 3 aliphatic rings. The molecule has 2 heterocycles. The van der Waals surface area contributed by atoms with E-state index in [2.05, 4.69) is 10.5 Å². The fraction of sp³-hybridized carbons (Fsp3) is 0.667. The van der Waals surface area contributed by atoms with Gasteiger partial charge in [-0.2, -0.15) is 0 Å². The Morgan fingerprint density at radius 3 is 2.39 bits per heavy atom. The maximum atomic E-state index is 14.0. The van der Waals surface area contributed by atoms with Crippen molar-refractivity contribution in [3.05, 3.63) is 22.7 Å². The van der Waals surface area contributed by atoms with Crippen LogP contribution in [0.3, 0.4) is 0 Å². The van der Waals surface area contributed by atoms with Crippen molar-refractivity contribution in [2.45, 2.75) is 96.2 Å². The summed E-state index contributed by atoms with van der Waals surface area (Å²) in [5.74, 6) is -0.499. The molecule has 2 fully saturated rings. The normalized spacial score (nSPS) is 23.9. The van der Waals surface area contributed by atoms with Crippen LogP contribution in [-0.2, 0) is 19.2 Å². The fourth-order valence-corrected chi connectivity index (χ4v) is 6.45. The number of hydrogen-bond acceptors (Lipinski definition) is 7. The zero-order valence-electron chi connectivity index (χ0n) is 24.6. The Morgan fingerprint density at radius 1 is 1.15 bits per heavy atom. The molecule has 41 heavy (non-hydrogen) atoms. The number of benzene rings is 1. The van der Waals surface area contributed by atoms with Crippen molar-refractivity contribution >= 4 is 35.1 Å². The number of oxime groups is 1. The summed E-state index contributed by atoms with van der Waals surface area (Å²) in [5, 5.41) is 17.7. The molecule has 0 bridgehead atoms. The highest BCUT2D eigenvalue weighted by molar-refractivity contribution is 6.32. The fourth-order valence-electron chi connectivity index (χ4n) is 6.21. The van der Waals surface area contributed by atoms with Crippen molar-refractivity contribution in [3.63, 3.8) is 0 Å². The molecule has 0 aromatic heterocycles. The topological polar surface area (TPSA) is 127 Å². The van der Waals surface area contributed by atoms with Crippen LogP contribution in [0, 0.1) is 11.3 Å². The lowest BCUT2D eigenvalue weighted by atomic mass is 9.85. The van der Waals surface area contributed by atoms with Gasteiger partial charge in [-0.3, -0.25) is 9.59 Å². The van der Waals surface area contributed by atoms with E-state index < -0.39 is 35.0 Å². The number of likely N-dealkylation sites (tertiary alicyclic amines) is 1. The first-order valence-electron chi connectivity index (χ1n) is 14.4. The maximum absolute atomic E-state index is 14.0. The molecule has 1 saturated carbocycles. The first kappa shape index (κ1) is 30.9. The van der Waals surface area contributed by atoms with Crippen LogP contribution in [0.1, 0.15) is 84.1 Å². The van der Waals surface area contributed by atoms with Gasteiger partial charge < -0.3 is 29.6 Å². The maximum Gasteiger partial charge on any atom is 0.326 e. The van der Waals surface area contributed by atoms with Gasteiger partial charge in [0, 0.05) is 30.9 Å². The third kappa shape index (κ3) is 6.90. The average Bonchev–Trinajstić information content (AvgIpc) is 3.41. The van der Waals surface area contributed by atoms with Crippen molar-refractivity contribution in [1.82, 2.24) is 10.2 Å². The molecule has 11 heteroatoms. The van der Waals surface area contributed by atoms with Gasteiger partial charge in [-0.15, -0.1) is 0 Å². The predicted molar refractivity (Wildman–Crippen MR) is 154 cm³/mol. The van der Waals surface area contributed by atoms with Crippen molar-refractivity contribution < 1.29 is 33.8 Å². The number of ether oxygens (including phenoxy) is 2. The third-order valence-electron chi connectivity index (χ3n) is 8.46. The van der Waals surface area contributed by atoms with E-state index >= 15 is 0 Å². The number of rotatable bonds is 8. The van der Waals surface area contributed by atoms with Crippen LogP contribution >= 0.6 is 11.6 Å². The zero-order valence-corrected chi connectivity index (χ0v) is 25.4. The summed E-state index contributed by atoms with van der Waals surface area (Å²) >= 11 is 6.36. The first-order valence-corrected chi connectivity index (χ1v) is 14.7. The highest BCUT2D eigenvalue weighted by Gasteiger charge is 2.55. The second-order valence-corrected chi connectivity index (χ2v) is 13.0. The molecule has 1 aromatic carbocycles. The quantitative estimate of drug-likeness (QED) is 0.416. The molecule has 1 spiro atoms. The SMILES string of the molecule is COc1cc(OC)c(C2=NO[C@]3(C2)C[C@@H](C(=O)O)N(C(=O)[C@@H](NC(=O)CC2CCCCCC2)C(C)(C)C)C3)cc1Cl. The largest absolute Gasteiger partial charge is 0.496 e. The lowest BCUT2D eigenvalue weighted by Gasteiger charge is -2.35. The number of hydrogen-bond donors (Lipinski definition) is 2. The van der Waals surface area contributed by atoms with Gasteiger partial charge in [0.1, 0.15) is 23.6 Å². The summed E-state index contributed by atoms with van der Waals surface area (Å²) in [4.78, 5) is 46.7. The van der Waals surface area contributed by atoms with E-state index in [9.17, 15) is 19.5 Å². The Labute approximate surface area is 246 Å². The molecule has 0 unspecified atom stereocenters. The molecule has 10 nitrogen and oxygen atoms in total. The number of carboxylic acids is 1. The summed E-state index contributed by atoms with van der Waals surface area (Å²) in [6, 6.07) is 1.32. The second-order valence-electron chi connectivity index (χ2n) is 12.6. The Kier molecular flexibility index (Phi) is 9.41. The molecule has 1 saturated heterocycles. The molecule has 2 aliphatic heterocycles. The van der Waals surface area contributed by atoms with Gasteiger partial charge in [0.2, 0.25) is 11.8 Å². The number of nitrogens with one attached hydrogen (secondary N) is 1. The lowest BCUT2D eigenvalue weighted by molar-refractivity contribution is -0.150. The Hall–Kier alpha value is -3.01. The lowest BCUT2D eigenvalue weighted by Crippen LogP contribution is -2.57. The van der Waals surface area contributed by atoms with Gasteiger partial charge >= 0.3 is 5.97 Å². The van der Waals surface area contributed by atoms with Gasteiger partial charge in [-0.05, 0) is 30.2 Å². The highest BCUT2D eigenvalue weighted by atomic mass is 35.5. The molecular weight excluding hydrogens is 550 g/mol. The van der Waals surface area contributed by atoms with E-state index in [0.29, 0.717) is 40.1 Å². The van der Waals surface area contributed by atoms with E-state index in [4.69, 9.17) is 25.9 Å². The molecule has 226 valence electrons. The highest BCUT2D eigenvalue weighted by Crippen LogP contribution is 2.42. The number of amides is 2. The van der Waals surface area contributed by atoms with Gasteiger partial charge in [-0.1, -0.05) is 63.2 Å². The van der Waals surface area contributed by atoms with Crippen LogP contribution in [-0.4, -0.2) is 72.0 Å². The van der Waals surface area contributed by atoms with Gasteiger partial charge in [0.25, 0.3) is 0 Å². The predicted octanol–water partition coefficient (Wildman–Crippen LogP) is 4.80. The van der Waals surface area contributed by atoms with Crippen LogP contribution in [0.4, 0.5) is 0 Å². The molecule has 2 amide bonds. The van der Waals surface area contributed by atoms with E-state index in [1.54, 1.807) is 12.1 Å². The molecule has 1 aliphatic carbocycles. The summed E-state index contributed by atoms with van der Waals surface area (Å²) in [6.45, 7) is 5.63. The number of methoxy groups -OCH3 is 2. The molecule has 0 radical (unpaired) electrons. The Balaban J connectivity index is 1.52. The van der Waals surface area contributed by atoms with Gasteiger partial charge in [0.05, 0.1) is 31.5 Å². The number of carboxylic acid groups (broad SMARTS) is 1. The minimum Gasteiger partial charge on any atom is -0.496 e. The van der Waals surface area contributed by atoms with Crippen molar-refractivity contribution in [2.24, 2.45) is 16.5 Å². The monoisotopic (exact) mass is 591 g/mol. The van der Waals surface area contributed by atoms with E-state index in [1.165, 1.54) is 32.0 Å².